The molecule has 19 heavy (non-hydrogen) atoms. The minimum Gasteiger partial charge on any atom is -0.463 e. The standard InChI is InChI=1S/C11H15BO7/c1-5(13)16-4-8-9(17-6(2)14)10(11(12)19-8)18-7(3)15/h8-11H,4H2,1-3H3/t8-,9-,10-,11-/m0/s1. The van der Waals surface area contributed by atoms with Gasteiger partial charge in [-0.1, -0.05) is 0 Å². The van der Waals surface area contributed by atoms with E-state index in [2.05, 4.69) is 0 Å². The minimum absolute atomic E-state index is 0.140. The van der Waals surface area contributed by atoms with E-state index < -0.39 is 42.2 Å². The zero-order valence-corrected chi connectivity index (χ0v) is 11.0. The third-order valence-corrected chi connectivity index (χ3v) is 2.40. The highest BCUT2D eigenvalue weighted by atomic mass is 16.6. The first-order valence-electron chi connectivity index (χ1n) is 5.70. The lowest BCUT2D eigenvalue weighted by molar-refractivity contribution is -0.165. The molecule has 4 atom stereocenters. The van der Waals surface area contributed by atoms with E-state index >= 15 is 0 Å². The molecule has 8 heteroatoms. The van der Waals surface area contributed by atoms with E-state index in [1.165, 1.54) is 20.8 Å². The van der Waals surface area contributed by atoms with Crippen LogP contribution < -0.4 is 0 Å². The van der Waals surface area contributed by atoms with Gasteiger partial charge >= 0.3 is 17.9 Å². The molecule has 1 heterocycles. The summed E-state index contributed by atoms with van der Waals surface area (Å²) in [6, 6.07) is -0.950. The van der Waals surface area contributed by atoms with E-state index in [4.69, 9.17) is 26.8 Å². The topological polar surface area (TPSA) is 88.1 Å². The first-order chi connectivity index (χ1) is 8.81. The normalized spacial score (nSPS) is 29.6. The molecule has 104 valence electrons. The Kier molecular flexibility index (Phi) is 5.35. The fourth-order valence-corrected chi connectivity index (χ4v) is 1.75. The van der Waals surface area contributed by atoms with Gasteiger partial charge in [-0.3, -0.25) is 14.4 Å². The van der Waals surface area contributed by atoms with Crippen LogP contribution in [0.25, 0.3) is 0 Å². The van der Waals surface area contributed by atoms with E-state index in [1.807, 2.05) is 0 Å². The van der Waals surface area contributed by atoms with Crippen molar-refractivity contribution in [3.8, 4) is 0 Å². The number of rotatable bonds is 4. The molecule has 1 fully saturated rings. The third-order valence-electron chi connectivity index (χ3n) is 2.40. The van der Waals surface area contributed by atoms with Gasteiger partial charge in [0, 0.05) is 20.8 Å². The summed E-state index contributed by atoms with van der Waals surface area (Å²) in [5, 5.41) is 0. The second kappa shape index (κ2) is 6.56. The first kappa shape index (κ1) is 15.5. The molecule has 1 saturated heterocycles. The molecule has 0 aliphatic carbocycles. The van der Waals surface area contributed by atoms with Crippen molar-refractivity contribution >= 4 is 25.8 Å². The highest BCUT2D eigenvalue weighted by molar-refractivity contribution is 6.11. The Morgan fingerprint density at radius 2 is 1.53 bits per heavy atom. The van der Waals surface area contributed by atoms with Gasteiger partial charge in [0.2, 0.25) is 0 Å². The number of carbonyl (C=O) groups is 3. The molecule has 0 bridgehead atoms. The molecule has 2 radical (unpaired) electrons. The SMILES string of the molecule is [B][C@H]1O[C@@H](COC(C)=O)[C@H](OC(C)=O)[C@@H]1OC(C)=O. The van der Waals surface area contributed by atoms with Gasteiger partial charge in [0.15, 0.2) is 12.2 Å². The molecule has 0 unspecified atom stereocenters. The Hall–Kier alpha value is -1.57. The van der Waals surface area contributed by atoms with Crippen LogP contribution >= 0.6 is 0 Å². The van der Waals surface area contributed by atoms with Gasteiger partial charge in [-0.2, -0.15) is 0 Å². The number of hydrogen-bond donors (Lipinski definition) is 0. The Morgan fingerprint density at radius 3 is 2.00 bits per heavy atom. The first-order valence-corrected chi connectivity index (χ1v) is 5.70. The van der Waals surface area contributed by atoms with E-state index in [1.54, 1.807) is 0 Å². The maximum atomic E-state index is 11.1. The maximum absolute atomic E-state index is 11.1. The van der Waals surface area contributed by atoms with Crippen molar-refractivity contribution in [2.24, 2.45) is 0 Å². The van der Waals surface area contributed by atoms with Gasteiger partial charge in [-0.15, -0.1) is 0 Å². The Morgan fingerprint density at radius 1 is 1.00 bits per heavy atom. The quantitative estimate of drug-likeness (QED) is 0.379. The van der Waals surface area contributed by atoms with Crippen LogP contribution in [0.15, 0.2) is 0 Å². The molecule has 0 aromatic heterocycles. The summed E-state index contributed by atoms with van der Waals surface area (Å²) in [4.78, 5) is 32.8. The molecule has 7 nitrogen and oxygen atoms in total. The molecule has 1 aliphatic rings. The van der Waals surface area contributed by atoms with E-state index in [9.17, 15) is 14.4 Å². The second-order valence-electron chi connectivity index (χ2n) is 4.09. The van der Waals surface area contributed by atoms with Crippen molar-refractivity contribution in [1.29, 1.82) is 0 Å². The predicted molar refractivity (Wildman–Crippen MR) is 62.2 cm³/mol. The number of hydrogen-bond acceptors (Lipinski definition) is 7. The summed E-state index contributed by atoms with van der Waals surface area (Å²) in [6.45, 7) is 3.51. The van der Waals surface area contributed by atoms with Crippen LogP contribution in [0.5, 0.6) is 0 Å². The third kappa shape index (κ3) is 4.55. The van der Waals surface area contributed by atoms with Crippen molar-refractivity contribution in [1.82, 2.24) is 0 Å². The summed E-state index contributed by atoms with van der Waals surface area (Å²) >= 11 is 0. The number of esters is 3. The van der Waals surface area contributed by atoms with E-state index in [0.717, 1.165) is 0 Å². The molecular weight excluding hydrogens is 255 g/mol. The molecule has 0 spiro atoms. The number of carbonyl (C=O) groups excluding carboxylic acids is 3. The Labute approximate surface area is 111 Å². The predicted octanol–water partition coefficient (Wildman–Crippen LogP) is -0.694. The van der Waals surface area contributed by atoms with Crippen molar-refractivity contribution in [3.05, 3.63) is 0 Å². The number of ether oxygens (including phenoxy) is 4. The lowest BCUT2D eigenvalue weighted by Crippen LogP contribution is -2.41. The van der Waals surface area contributed by atoms with Crippen LogP contribution in [0, 0.1) is 0 Å². The second-order valence-corrected chi connectivity index (χ2v) is 4.09. The Bertz CT molecular complexity index is 370. The van der Waals surface area contributed by atoms with Gasteiger partial charge in [-0.25, -0.2) is 0 Å². The highest BCUT2D eigenvalue weighted by Crippen LogP contribution is 2.25. The van der Waals surface area contributed by atoms with Gasteiger partial charge in [0.05, 0.1) is 6.00 Å². The van der Waals surface area contributed by atoms with E-state index in [-0.39, 0.29) is 6.61 Å². The Balaban J connectivity index is 2.76. The highest BCUT2D eigenvalue weighted by Gasteiger charge is 2.46. The van der Waals surface area contributed by atoms with Gasteiger partial charge in [-0.05, 0) is 0 Å². The lowest BCUT2D eigenvalue weighted by atomic mass is 9.92. The van der Waals surface area contributed by atoms with Crippen LogP contribution in [0.3, 0.4) is 0 Å². The zero-order chi connectivity index (χ0) is 14.6. The summed E-state index contributed by atoms with van der Waals surface area (Å²) in [6.07, 6.45) is -2.61. The minimum atomic E-state index is -0.950. The fraction of sp³-hybridized carbons (Fsp3) is 0.727. The van der Waals surface area contributed by atoms with Gasteiger partial charge in [0.1, 0.15) is 20.6 Å². The summed E-state index contributed by atoms with van der Waals surface area (Å²) < 4.78 is 20.1. The van der Waals surface area contributed by atoms with Crippen LogP contribution in [0.2, 0.25) is 0 Å². The average Bonchev–Trinajstić information content (AvgIpc) is 2.53. The largest absolute Gasteiger partial charge is 0.463 e. The molecule has 0 aromatic carbocycles. The molecular formula is C11H15BO7. The molecule has 0 amide bonds. The van der Waals surface area contributed by atoms with Crippen molar-refractivity contribution in [2.45, 2.75) is 45.1 Å². The zero-order valence-electron chi connectivity index (χ0n) is 11.0. The van der Waals surface area contributed by atoms with Crippen LogP contribution in [0.1, 0.15) is 20.8 Å². The maximum Gasteiger partial charge on any atom is 0.303 e. The summed E-state index contributed by atoms with van der Waals surface area (Å²) in [5.41, 5.74) is 0. The van der Waals surface area contributed by atoms with Crippen LogP contribution in [-0.4, -0.2) is 56.7 Å². The lowest BCUT2D eigenvalue weighted by Gasteiger charge is -2.22. The molecule has 0 aromatic rings. The van der Waals surface area contributed by atoms with Crippen LogP contribution in [-0.2, 0) is 33.3 Å². The summed E-state index contributed by atoms with van der Waals surface area (Å²) in [5.74, 6) is -1.66. The summed E-state index contributed by atoms with van der Waals surface area (Å²) in [7, 11) is 5.66. The van der Waals surface area contributed by atoms with Gasteiger partial charge < -0.3 is 18.9 Å². The van der Waals surface area contributed by atoms with Crippen molar-refractivity contribution < 1.29 is 33.3 Å². The van der Waals surface area contributed by atoms with Crippen LogP contribution in [0.4, 0.5) is 0 Å². The van der Waals surface area contributed by atoms with Crippen molar-refractivity contribution in [2.75, 3.05) is 6.61 Å². The fourth-order valence-electron chi connectivity index (χ4n) is 1.75. The molecule has 0 N–H and O–H groups in total. The molecule has 1 rings (SSSR count). The molecule has 0 saturated carbocycles. The monoisotopic (exact) mass is 270 g/mol. The van der Waals surface area contributed by atoms with Gasteiger partial charge in [0.25, 0.3) is 0 Å². The van der Waals surface area contributed by atoms with Crippen molar-refractivity contribution in [3.63, 3.8) is 0 Å². The molecule has 1 aliphatic heterocycles. The average molecular weight is 270 g/mol. The van der Waals surface area contributed by atoms with E-state index in [0.29, 0.717) is 0 Å². The smallest absolute Gasteiger partial charge is 0.303 e.